The van der Waals surface area contributed by atoms with Gasteiger partial charge in [-0.2, -0.15) is 11.3 Å². The highest BCUT2D eigenvalue weighted by Gasteiger charge is 2.18. The fourth-order valence-corrected chi connectivity index (χ4v) is 2.52. The van der Waals surface area contributed by atoms with Gasteiger partial charge in [0.05, 0.1) is 0 Å². The average Bonchev–Trinajstić information content (AvgIpc) is 2.64. The lowest BCUT2D eigenvalue weighted by Crippen LogP contribution is -2.26. The maximum Gasteiger partial charge on any atom is -0.00258 e. The van der Waals surface area contributed by atoms with Crippen LogP contribution in [0.2, 0.25) is 0 Å². The molecule has 0 aliphatic heterocycles. The minimum absolute atomic E-state index is 0.408. The monoisotopic (exact) mass is 239 g/mol. The number of rotatable bonds is 7. The molecule has 1 aromatic heterocycles. The SMILES string of the molecule is CC(C)CNCCC(C)(C)Cc1ccsc1. The largest absolute Gasteiger partial charge is 0.316 e. The molecule has 1 N–H and O–H groups in total. The van der Waals surface area contributed by atoms with Crippen LogP contribution in [0, 0.1) is 11.3 Å². The highest BCUT2D eigenvalue weighted by molar-refractivity contribution is 7.07. The Bertz CT molecular complexity index is 275. The van der Waals surface area contributed by atoms with Crippen LogP contribution in [0.25, 0.3) is 0 Å². The van der Waals surface area contributed by atoms with Gasteiger partial charge in [0, 0.05) is 0 Å². The molecule has 1 nitrogen and oxygen atoms in total. The van der Waals surface area contributed by atoms with Gasteiger partial charge in [-0.1, -0.05) is 27.7 Å². The van der Waals surface area contributed by atoms with Gasteiger partial charge >= 0.3 is 0 Å². The second-order valence-electron chi connectivity index (χ2n) is 5.82. The molecule has 2 heteroatoms. The molecule has 0 saturated carbocycles. The smallest absolute Gasteiger partial charge is 0.00258 e. The Labute approximate surface area is 104 Å². The fourth-order valence-electron chi connectivity index (χ4n) is 1.85. The summed E-state index contributed by atoms with van der Waals surface area (Å²) in [6, 6.07) is 2.24. The molecule has 1 aromatic rings. The van der Waals surface area contributed by atoms with Crippen molar-refractivity contribution in [3.8, 4) is 0 Å². The summed E-state index contributed by atoms with van der Waals surface area (Å²) in [6.07, 6.45) is 2.44. The lowest BCUT2D eigenvalue weighted by Gasteiger charge is -2.24. The van der Waals surface area contributed by atoms with Crippen LogP contribution in [-0.2, 0) is 6.42 Å². The molecular weight excluding hydrogens is 214 g/mol. The van der Waals surface area contributed by atoms with E-state index in [9.17, 15) is 0 Å². The average molecular weight is 239 g/mol. The molecule has 0 aromatic carbocycles. The van der Waals surface area contributed by atoms with Gasteiger partial charge in [0.2, 0.25) is 0 Å². The van der Waals surface area contributed by atoms with Crippen LogP contribution >= 0.6 is 11.3 Å². The number of hydrogen-bond acceptors (Lipinski definition) is 2. The Morgan fingerprint density at radius 1 is 1.38 bits per heavy atom. The summed E-state index contributed by atoms with van der Waals surface area (Å²) in [5.74, 6) is 0.750. The van der Waals surface area contributed by atoms with Crippen molar-refractivity contribution in [3.63, 3.8) is 0 Å². The van der Waals surface area contributed by atoms with E-state index in [1.165, 1.54) is 18.4 Å². The molecule has 1 heterocycles. The predicted molar refractivity (Wildman–Crippen MR) is 74.1 cm³/mol. The van der Waals surface area contributed by atoms with E-state index in [-0.39, 0.29) is 0 Å². The molecule has 0 aliphatic carbocycles. The summed E-state index contributed by atoms with van der Waals surface area (Å²) in [7, 11) is 0. The Morgan fingerprint density at radius 3 is 2.69 bits per heavy atom. The zero-order valence-corrected chi connectivity index (χ0v) is 11.9. The molecule has 0 radical (unpaired) electrons. The van der Waals surface area contributed by atoms with Crippen molar-refractivity contribution in [1.29, 1.82) is 0 Å². The van der Waals surface area contributed by atoms with E-state index in [0.29, 0.717) is 5.41 Å². The zero-order chi connectivity index (χ0) is 12.0. The van der Waals surface area contributed by atoms with Gasteiger partial charge in [-0.25, -0.2) is 0 Å². The summed E-state index contributed by atoms with van der Waals surface area (Å²) < 4.78 is 0. The highest BCUT2D eigenvalue weighted by atomic mass is 32.1. The van der Waals surface area contributed by atoms with E-state index >= 15 is 0 Å². The first-order valence-electron chi connectivity index (χ1n) is 6.21. The van der Waals surface area contributed by atoms with Gasteiger partial charge in [-0.15, -0.1) is 0 Å². The van der Waals surface area contributed by atoms with Crippen LogP contribution in [0.15, 0.2) is 16.8 Å². The van der Waals surface area contributed by atoms with Crippen molar-refractivity contribution in [2.24, 2.45) is 11.3 Å². The molecule has 92 valence electrons. The third kappa shape index (κ3) is 5.66. The van der Waals surface area contributed by atoms with E-state index in [4.69, 9.17) is 0 Å². The maximum absolute atomic E-state index is 3.52. The van der Waals surface area contributed by atoms with Crippen molar-refractivity contribution in [1.82, 2.24) is 5.32 Å². The van der Waals surface area contributed by atoms with Gasteiger partial charge < -0.3 is 5.32 Å². The topological polar surface area (TPSA) is 12.0 Å². The van der Waals surface area contributed by atoms with Gasteiger partial charge in [-0.05, 0) is 59.7 Å². The molecular formula is C14H25NS. The van der Waals surface area contributed by atoms with E-state index in [1.54, 1.807) is 11.3 Å². The number of thiophene rings is 1. The van der Waals surface area contributed by atoms with Crippen LogP contribution in [0.4, 0.5) is 0 Å². The molecule has 0 spiro atoms. The Morgan fingerprint density at radius 2 is 2.12 bits per heavy atom. The van der Waals surface area contributed by atoms with Crippen LogP contribution in [0.5, 0.6) is 0 Å². The third-order valence-corrected chi connectivity index (χ3v) is 3.53. The highest BCUT2D eigenvalue weighted by Crippen LogP contribution is 2.26. The van der Waals surface area contributed by atoms with Crippen LogP contribution in [0.3, 0.4) is 0 Å². The first kappa shape index (κ1) is 13.7. The summed E-state index contributed by atoms with van der Waals surface area (Å²) in [5, 5.41) is 7.96. The number of hydrogen-bond donors (Lipinski definition) is 1. The standard InChI is InChI=1S/C14H25NS/c1-12(2)10-15-7-6-14(3,4)9-13-5-8-16-11-13/h5,8,11-12,15H,6-7,9-10H2,1-4H3. The van der Waals surface area contributed by atoms with Gasteiger partial charge in [0.25, 0.3) is 0 Å². The minimum Gasteiger partial charge on any atom is -0.316 e. The predicted octanol–water partition coefficient (Wildman–Crippen LogP) is 3.95. The first-order chi connectivity index (χ1) is 7.49. The first-order valence-corrected chi connectivity index (χ1v) is 7.16. The van der Waals surface area contributed by atoms with Crippen molar-refractivity contribution in [2.75, 3.05) is 13.1 Å². The Kier molecular flexibility index (Phi) is 5.50. The van der Waals surface area contributed by atoms with Crippen LogP contribution in [-0.4, -0.2) is 13.1 Å². The maximum atomic E-state index is 3.52. The van der Waals surface area contributed by atoms with Crippen LogP contribution in [0.1, 0.15) is 39.7 Å². The fraction of sp³-hybridized carbons (Fsp3) is 0.714. The van der Waals surface area contributed by atoms with Gasteiger partial charge in [0.15, 0.2) is 0 Å². The lowest BCUT2D eigenvalue weighted by molar-refractivity contribution is 0.322. The van der Waals surface area contributed by atoms with Crippen molar-refractivity contribution < 1.29 is 0 Å². The van der Waals surface area contributed by atoms with E-state index in [2.05, 4.69) is 49.8 Å². The summed E-state index contributed by atoms with van der Waals surface area (Å²) in [4.78, 5) is 0. The molecule has 0 saturated heterocycles. The third-order valence-electron chi connectivity index (χ3n) is 2.79. The van der Waals surface area contributed by atoms with Crippen LogP contribution < -0.4 is 5.32 Å². The van der Waals surface area contributed by atoms with Crippen molar-refractivity contribution in [3.05, 3.63) is 22.4 Å². The summed E-state index contributed by atoms with van der Waals surface area (Å²) in [6.45, 7) is 11.5. The summed E-state index contributed by atoms with van der Waals surface area (Å²) >= 11 is 1.80. The molecule has 0 fully saturated rings. The molecule has 0 amide bonds. The van der Waals surface area contributed by atoms with Gasteiger partial charge in [0.1, 0.15) is 0 Å². The Hall–Kier alpha value is -0.340. The van der Waals surface area contributed by atoms with E-state index in [1.807, 2.05) is 0 Å². The molecule has 0 unspecified atom stereocenters. The summed E-state index contributed by atoms with van der Waals surface area (Å²) in [5.41, 5.74) is 1.89. The minimum atomic E-state index is 0.408. The van der Waals surface area contributed by atoms with E-state index in [0.717, 1.165) is 19.0 Å². The van der Waals surface area contributed by atoms with E-state index < -0.39 is 0 Å². The second kappa shape index (κ2) is 6.41. The lowest BCUT2D eigenvalue weighted by atomic mass is 9.83. The molecule has 0 aliphatic rings. The number of nitrogens with one attached hydrogen (secondary N) is 1. The molecule has 16 heavy (non-hydrogen) atoms. The van der Waals surface area contributed by atoms with Crippen molar-refractivity contribution in [2.45, 2.75) is 40.5 Å². The van der Waals surface area contributed by atoms with Gasteiger partial charge in [-0.3, -0.25) is 0 Å². The zero-order valence-electron chi connectivity index (χ0n) is 11.0. The normalized spacial score (nSPS) is 12.3. The molecule has 0 atom stereocenters. The Balaban J connectivity index is 2.23. The second-order valence-corrected chi connectivity index (χ2v) is 6.60. The quantitative estimate of drug-likeness (QED) is 0.710. The molecule has 0 bridgehead atoms. The molecule has 1 rings (SSSR count). The van der Waals surface area contributed by atoms with Crippen molar-refractivity contribution >= 4 is 11.3 Å².